The van der Waals surface area contributed by atoms with Crippen molar-refractivity contribution in [2.24, 2.45) is 0 Å². The molecule has 4 aromatic rings. The van der Waals surface area contributed by atoms with Gasteiger partial charge in [0.1, 0.15) is 18.2 Å². The Labute approximate surface area is 215 Å². The normalized spacial score (nSPS) is 16.2. The summed E-state index contributed by atoms with van der Waals surface area (Å²) < 4.78 is 14.5. The summed E-state index contributed by atoms with van der Waals surface area (Å²) in [6.45, 7) is 6.96. The molecule has 1 aromatic heterocycles. The lowest BCUT2D eigenvalue weighted by Gasteiger charge is -2.30. The first kappa shape index (κ1) is 22.9. The van der Waals surface area contributed by atoms with E-state index >= 15 is 0 Å². The second kappa shape index (κ2) is 9.16. The second-order valence-corrected chi connectivity index (χ2v) is 9.77. The maximum Gasteiger partial charge on any atom is 0.231 e. The smallest absolute Gasteiger partial charge is 0.231 e. The summed E-state index contributed by atoms with van der Waals surface area (Å²) in [7, 11) is 0. The van der Waals surface area contributed by atoms with E-state index in [4.69, 9.17) is 21.1 Å². The van der Waals surface area contributed by atoms with Crippen LogP contribution >= 0.6 is 11.6 Å². The molecule has 0 spiro atoms. The summed E-state index contributed by atoms with van der Waals surface area (Å²) in [6, 6.07) is 18.1. The number of carbonyl (C=O) groups excluding carboxylic acids is 1. The van der Waals surface area contributed by atoms with Crippen LogP contribution in [0.5, 0.6) is 11.5 Å². The first-order chi connectivity index (χ1) is 17.5. The molecule has 0 radical (unpaired) electrons. The fourth-order valence-electron chi connectivity index (χ4n) is 5.21. The van der Waals surface area contributed by atoms with Gasteiger partial charge in [-0.15, -0.1) is 0 Å². The number of halogens is 1. The number of rotatable bonds is 5. The van der Waals surface area contributed by atoms with Gasteiger partial charge in [-0.3, -0.25) is 9.69 Å². The predicted octanol–water partition coefficient (Wildman–Crippen LogP) is 6.63. The highest BCUT2D eigenvalue weighted by Gasteiger charge is 2.33. The van der Waals surface area contributed by atoms with E-state index in [9.17, 15) is 4.79 Å². The molecule has 2 aliphatic heterocycles. The number of hydrogen-bond acceptors (Lipinski definition) is 4. The number of nitrogens with zero attached hydrogens (tertiary/aromatic N) is 2. The molecule has 6 heteroatoms. The maximum absolute atomic E-state index is 13.4. The third kappa shape index (κ3) is 3.89. The molecule has 0 N–H and O–H groups in total. The zero-order chi connectivity index (χ0) is 24.8. The van der Waals surface area contributed by atoms with Crippen molar-refractivity contribution < 1.29 is 14.3 Å². The largest absolute Gasteiger partial charge is 0.477 e. The highest BCUT2D eigenvalue weighted by molar-refractivity contribution is 6.31. The minimum absolute atomic E-state index is 0.0857. The van der Waals surface area contributed by atoms with Crippen LogP contribution in [0.1, 0.15) is 39.5 Å². The van der Waals surface area contributed by atoms with Crippen LogP contribution < -0.4 is 9.47 Å². The monoisotopic (exact) mass is 498 g/mol. The van der Waals surface area contributed by atoms with Crippen molar-refractivity contribution in [3.8, 4) is 11.5 Å². The SMILES string of the molecule is CCn1cc(/C=C2\Oc3c(cc4c(c3C)OCN(CCc3ccccc3Cl)C4)C2=O)c2ccccc21. The molecular formula is C30H27ClN2O3. The molecule has 0 atom stereocenters. The van der Waals surface area contributed by atoms with Crippen LogP contribution in [0.3, 0.4) is 0 Å². The molecule has 182 valence electrons. The first-order valence-electron chi connectivity index (χ1n) is 12.3. The Morgan fingerprint density at radius 1 is 1.08 bits per heavy atom. The molecule has 5 nitrogen and oxygen atoms in total. The van der Waals surface area contributed by atoms with Crippen LogP contribution in [0.4, 0.5) is 0 Å². The Hall–Kier alpha value is -3.54. The molecule has 0 bridgehead atoms. The first-order valence-corrected chi connectivity index (χ1v) is 12.7. The van der Waals surface area contributed by atoms with Crippen LogP contribution in [0.15, 0.2) is 66.6 Å². The van der Waals surface area contributed by atoms with Gasteiger partial charge in [-0.2, -0.15) is 0 Å². The second-order valence-electron chi connectivity index (χ2n) is 9.36. The van der Waals surface area contributed by atoms with Crippen LogP contribution in [0, 0.1) is 6.92 Å². The van der Waals surface area contributed by atoms with Gasteiger partial charge in [0.05, 0.1) is 5.56 Å². The molecule has 0 saturated heterocycles. The van der Waals surface area contributed by atoms with E-state index in [2.05, 4.69) is 40.8 Å². The van der Waals surface area contributed by atoms with Crippen molar-refractivity contribution in [2.75, 3.05) is 13.3 Å². The molecule has 0 saturated carbocycles. The summed E-state index contributed by atoms with van der Waals surface area (Å²) in [5.74, 6) is 1.69. The average molecular weight is 499 g/mol. The fourth-order valence-corrected chi connectivity index (χ4v) is 5.44. The molecule has 6 rings (SSSR count). The van der Waals surface area contributed by atoms with Gasteiger partial charge in [-0.05, 0) is 50.1 Å². The Kier molecular flexibility index (Phi) is 5.82. The molecule has 0 fully saturated rings. The number of fused-ring (bicyclic) bond motifs is 3. The molecule has 0 amide bonds. The third-order valence-electron chi connectivity index (χ3n) is 7.10. The summed E-state index contributed by atoms with van der Waals surface area (Å²) in [6.07, 6.45) is 4.78. The van der Waals surface area contributed by atoms with E-state index in [1.165, 1.54) is 0 Å². The zero-order valence-electron chi connectivity index (χ0n) is 20.4. The number of benzene rings is 3. The summed E-state index contributed by atoms with van der Waals surface area (Å²) >= 11 is 6.33. The molecule has 2 aliphatic rings. The van der Waals surface area contributed by atoms with E-state index in [1.807, 2.05) is 49.4 Å². The minimum atomic E-state index is -0.0857. The van der Waals surface area contributed by atoms with Crippen molar-refractivity contribution in [1.29, 1.82) is 0 Å². The average Bonchev–Trinajstić information content (AvgIpc) is 3.41. The Balaban J connectivity index is 1.27. The number of Topliss-reactive ketones (excluding diaryl/α,β-unsaturated/α-hetero) is 1. The van der Waals surface area contributed by atoms with Gasteiger partial charge < -0.3 is 14.0 Å². The standard InChI is InChI=1S/C30H27ClN2O3/c1-3-33-17-21(23-9-5-7-11-26(23)33)15-27-28(34)24-14-22-16-32(13-12-20-8-4-6-10-25(20)31)18-35-29(22)19(2)30(24)36-27/h4-11,14-15,17H,3,12-13,16,18H2,1-2H3/b27-15-. The van der Waals surface area contributed by atoms with Crippen molar-refractivity contribution in [2.45, 2.75) is 33.4 Å². The van der Waals surface area contributed by atoms with Gasteiger partial charge in [0.15, 0.2) is 5.76 Å². The van der Waals surface area contributed by atoms with Gasteiger partial charge in [-0.25, -0.2) is 0 Å². The Morgan fingerprint density at radius 3 is 2.72 bits per heavy atom. The highest BCUT2D eigenvalue weighted by atomic mass is 35.5. The number of allylic oxidation sites excluding steroid dienone is 1. The summed E-state index contributed by atoms with van der Waals surface area (Å²) in [5, 5.41) is 1.89. The minimum Gasteiger partial charge on any atom is -0.477 e. The van der Waals surface area contributed by atoms with Crippen LogP contribution in [0.2, 0.25) is 5.02 Å². The Bertz CT molecular complexity index is 1530. The topological polar surface area (TPSA) is 43.7 Å². The van der Waals surface area contributed by atoms with Gasteiger partial charge in [0.25, 0.3) is 0 Å². The lowest BCUT2D eigenvalue weighted by atomic mass is 9.99. The van der Waals surface area contributed by atoms with E-state index in [0.717, 1.165) is 63.4 Å². The van der Waals surface area contributed by atoms with Crippen LogP contribution in [0.25, 0.3) is 17.0 Å². The number of carbonyl (C=O) groups is 1. The van der Waals surface area contributed by atoms with Crippen molar-refractivity contribution in [3.05, 3.63) is 99.4 Å². The number of aryl methyl sites for hydroxylation is 1. The fraction of sp³-hybridized carbons (Fsp3) is 0.233. The lowest BCUT2D eigenvalue weighted by Crippen LogP contribution is -2.34. The molecule has 3 aromatic carbocycles. The number of ketones is 1. The molecule has 0 unspecified atom stereocenters. The van der Waals surface area contributed by atoms with Crippen molar-refractivity contribution in [3.63, 3.8) is 0 Å². The third-order valence-corrected chi connectivity index (χ3v) is 7.47. The maximum atomic E-state index is 13.4. The molecular weight excluding hydrogens is 472 g/mol. The van der Waals surface area contributed by atoms with Crippen molar-refractivity contribution in [1.82, 2.24) is 9.47 Å². The van der Waals surface area contributed by atoms with Gasteiger partial charge >= 0.3 is 0 Å². The van der Waals surface area contributed by atoms with Crippen LogP contribution in [-0.2, 0) is 19.5 Å². The summed E-state index contributed by atoms with van der Waals surface area (Å²) in [5.41, 5.74) is 5.74. The number of para-hydroxylation sites is 1. The molecule has 36 heavy (non-hydrogen) atoms. The highest BCUT2D eigenvalue weighted by Crippen LogP contribution is 2.43. The Morgan fingerprint density at radius 2 is 1.89 bits per heavy atom. The van der Waals surface area contributed by atoms with E-state index in [0.29, 0.717) is 30.3 Å². The molecule has 0 aliphatic carbocycles. The van der Waals surface area contributed by atoms with Gasteiger partial charge in [0.2, 0.25) is 5.78 Å². The van der Waals surface area contributed by atoms with Gasteiger partial charge in [0, 0.05) is 58.4 Å². The predicted molar refractivity (Wildman–Crippen MR) is 143 cm³/mol. The van der Waals surface area contributed by atoms with E-state index < -0.39 is 0 Å². The lowest BCUT2D eigenvalue weighted by molar-refractivity contribution is 0.0954. The number of aromatic nitrogens is 1. The number of ether oxygens (including phenoxy) is 2. The van der Waals surface area contributed by atoms with Gasteiger partial charge in [-0.1, -0.05) is 48.0 Å². The zero-order valence-corrected chi connectivity index (χ0v) is 21.1. The van der Waals surface area contributed by atoms with Crippen LogP contribution in [-0.4, -0.2) is 28.5 Å². The number of hydrogen-bond donors (Lipinski definition) is 0. The van der Waals surface area contributed by atoms with E-state index in [1.54, 1.807) is 0 Å². The quantitative estimate of drug-likeness (QED) is 0.289. The molecule has 3 heterocycles. The van der Waals surface area contributed by atoms with E-state index in [-0.39, 0.29) is 5.78 Å². The summed E-state index contributed by atoms with van der Waals surface area (Å²) in [4.78, 5) is 15.6. The van der Waals surface area contributed by atoms with Crippen molar-refractivity contribution >= 4 is 34.4 Å².